The molecule has 11 aliphatic heterocycles. The van der Waals surface area contributed by atoms with Gasteiger partial charge in [0.15, 0.2) is 0 Å². The Bertz CT molecular complexity index is 5190. The maximum Gasteiger partial charge on any atom is 0.457 e. The predicted molar refractivity (Wildman–Crippen MR) is 531 cm³/mol. The second-order valence-electron chi connectivity index (χ2n) is 50.9. The minimum Gasteiger partial charge on any atom is -0.480 e. The van der Waals surface area contributed by atoms with Crippen LogP contribution in [0, 0.1) is 98.1 Å². The lowest BCUT2D eigenvalue weighted by atomic mass is 9.43. The largest absolute Gasteiger partial charge is 0.480 e. The lowest BCUT2D eigenvalue weighted by Gasteiger charge is -2.64. The summed E-state index contributed by atoms with van der Waals surface area (Å²) in [6.45, 7) is 36.4. The quantitative estimate of drug-likeness (QED) is 0.0323. The molecule has 11 saturated heterocycles. The summed E-state index contributed by atoms with van der Waals surface area (Å²) >= 11 is 0. The third kappa shape index (κ3) is 18.1. The molecule has 796 valence electrons. The molecule has 11 heterocycles. The van der Waals surface area contributed by atoms with E-state index in [1.165, 1.54) is 60.1 Å². The normalized spacial score (nSPS) is 42.1. The second-order valence-corrected chi connectivity index (χ2v) is 58.5. The van der Waals surface area contributed by atoms with Gasteiger partial charge in [0.1, 0.15) is 22.2 Å². The highest BCUT2D eigenvalue weighted by molar-refractivity contribution is 7.87. The van der Waals surface area contributed by atoms with E-state index in [0.717, 1.165) is 77.0 Å². The summed E-state index contributed by atoms with van der Waals surface area (Å²) in [5, 5.41) is 42.9. The van der Waals surface area contributed by atoms with E-state index in [1.807, 2.05) is 6.92 Å². The van der Waals surface area contributed by atoms with Crippen molar-refractivity contribution in [2.24, 2.45) is 127 Å². The Morgan fingerprint density at radius 3 is 0.950 bits per heavy atom. The molecule has 25 aliphatic rings. The van der Waals surface area contributed by atoms with E-state index in [2.05, 4.69) is 88.4 Å². The van der Waals surface area contributed by atoms with Crippen molar-refractivity contribution in [2.45, 2.75) is 370 Å². The minimum atomic E-state index is -3.91. The first-order valence-electron chi connectivity index (χ1n) is 53.6. The van der Waals surface area contributed by atoms with E-state index in [9.17, 15) is 73.3 Å². The van der Waals surface area contributed by atoms with Crippen LogP contribution in [-0.4, -0.2) is 332 Å². The molecule has 14 saturated carbocycles. The molecule has 1 spiro atoms. The molecule has 0 aromatic carbocycles. The summed E-state index contributed by atoms with van der Waals surface area (Å²) in [5.74, 6) is -1.73. The average molecular weight is 2060 g/mol. The molecule has 15 N–H and O–H groups in total. The number of hydrogen-bond acceptors (Lipinski definition) is 26. The van der Waals surface area contributed by atoms with Crippen LogP contribution in [0.1, 0.15) is 258 Å². The number of likely N-dealkylation sites (N-methyl/N-ethyl adjacent to an activating group) is 2. The highest BCUT2D eigenvalue weighted by Gasteiger charge is 2.74. The van der Waals surface area contributed by atoms with Crippen LogP contribution in [0.2, 0.25) is 25.3 Å². The molecule has 14 aliphatic carbocycles. The van der Waals surface area contributed by atoms with Gasteiger partial charge in [-0.25, -0.2) is 0 Å². The first-order chi connectivity index (χ1) is 65.6. The molecule has 25 fully saturated rings. The van der Waals surface area contributed by atoms with Crippen LogP contribution in [0.3, 0.4) is 0 Å². The molecule has 8 bridgehead atoms. The van der Waals surface area contributed by atoms with Crippen LogP contribution in [0.5, 0.6) is 0 Å². The fourth-order valence-corrected chi connectivity index (χ4v) is 38.8. The Morgan fingerprint density at radius 1 is 0.390 bits per heavy atom. The molecule has 46 heteroatoms. The van der Waals surface area contributed by atoms with Crippen LogP contribution in [0.25, 0.3) is 0 Å². The Morgan fingerprint density at radius 2 is 0.688 bits per heavy atom. The van der Waals surface area contributed by atoms with Crippen molar-refractivity contribution in [3.63, 3.8) is 0 Å². The van der Waals surface area contributed by atoms with Crippen LogP contribution in [-0.2, 0) is 97.3 Å². The molecular weight excluding hydrogens is 1890 g/mol. The van der Waals surface area contributed by atoms with Crippen LogP contribution in [0.15, 0.2) is 0 Å². The maximum absolute atomic E-state index is 13.6. The molecule has 0 amide bonds. The van der Waals surface area contributed by atoms with E-state index >= 15 is 0 Å². The molecule has 25 rings (SSSR count). The van der Waals surface area contributed by atoms with Crippen molar-refractivity contribution < 1.29 is 111 Å². The SMILES string of the molecule is CC1(C)[C@H]2C[C@@H]3OB(CCC[C@H]4CN(S(=O)(=O)N5CC6(CCC6)C5)C[C@@]4(N)C(=O)O)O[C@]3(C)[C@@H]1C2.CC1(C)[C@H]2C[C@@H]3OB(CCC[C@H]4CN(S(=O)(=O)N5CCCCC5)C[C@@]4(N)C(=O)O)O[C@]3(C)[C@@H]1C2.CCN(C1CNC1)S(=O)(=O)N1C[C@H](CCCB2O[C@H]3C[C@H]4C[C@H](C4(C)C)[C@@]3(C)O2)[C@](N)(C(=O)O)C1.CCN([C@@H](C)C1(N)CC1)S(=O)(=O)N1C[C@H](CCCB2O[C@H]3C[C@H]4C[C@H](C4(C)C)[C@@]3(C)O2)[C@](N)(C(=O)O)C1. The number of nitrogens with two attached hydrogens (primary N) is 5. The number of aliphatic carboxylic acids is 4. The van der Waals surface area contributed by atoms with Gasteiger partial charge in [0.25, 0.3) is 40.8 Å². The van der Waals surface area contributed by atoms with Crippen molar-refractivity contribution in [3.8, 4) is 0 Å². The zero-order valence-electron chi connectivity index (χ0n) is 86.4. The number of nitrogens with zero attached hydrogens (tertiary/aromatic N) is 8. The molecule has 0 aromatic heterocycles. The van der Waals surface area contributed by atoms with Crippen molar-refractivity contribution in [2.75, 3.05) is 105 Å². The number of carbonyl (C=O) groups is 4. The van der Waals surface area contributed by atoms with E-state index in [-0.39, 0.29) is 173 Å². The summed E-state index contributed by atoms with van der Waals surface area (Å²) in [4.78, 5) is 48.7. The summed E-state index contributed by atoms with van der Waals surface area (Å²) in [6.07, 6.45) is 24.3. The van der Waals surface area contributed by atoms with Crippen LogP contribution in [0.4, 0.5) is 0 Å². The van der Waals surface area contributed by atoms with Gasteiger partial charge in [-0.2, -0.15) is 68.1 Å². The lowest BCUT2D eigenvalue weighted by Crippen LogP contribution is -2.65. The Kier molecular flexibility index (Phi) is 28.7. The number of hydrogen-bond donors (Lipinski definition) is 10. The fraction of sp³-hybridized carbons (Fsp3) is 0.958. The third-order valence-electron chi connectivity index (χ3n) is 42.1. The number of nitrogens with one attached hydrogen (secondary N) is 1. The first kappa shape index (κ1) is 108. The Labute approximate surface area is 839 Å². The topological polar surface area (TPSA) is 528 Å². The highest BCUT2D eigenvalue weighted by atomic mass is 32.2. The Hall–Kier alpha value is -2.94. The molecule has 38 nitrogen and oxygen atoms in total. The van der Waals surface area contributed by atoms with Crippen molar-refractivity contribution in [1.29, 1.82) is 0 Å². The van der Waals surface area contributed by atoms with E-state index < -0.39 is 116 Å². The summed E-state index contributed by atoms with van der Waals surface area (Å²) < 4.78 is 169. The van der Waals surface area contributed by atoms with Gasteiger partial charge in [-0.05, 0) is 250 Å². The number of carboxylic acids is 4. The van der Waals surface area contributed by atoms with Gasteiger partial charge in [0, 0.05) is 140 Å². The van der Waals surface area contributed by atoms with Crippen molar-refractivity contribution in [3.05, 3.63) is 0 Å². The monoisotopic (exact) mass is 2060 g/mol. The highest BCUT2D eigenvalue weighted by Crippen LogP contribution is 2.70. The van der Waals surface area contributed by atoms with Crippen molar-refractivity contribution >= 4 is 93.2 Å². The number of carboxylic acid groups (broad SMARTS) is 4. The summed E-state index contributed by atoms with van der Waals surface area (Å²) in [7, 11) is -16.3. The van der Waals surface area contributed by atoms with Crippen LogP contribution >= 0.6 is 0 Å². The number of rotatable bonds is 33. The Balaban J connectivity index is 0.000000124. The third-order valence-corrected chi connectivity index (χ3v) is 50.1. The molecule has 0 radical (unpaired) electrons. The minimum absolute atomic E-state index is 0.0799. The molecule has 141 heavy (non-hydrogen) atoms. The summed E-state index contributed by atoms with van der Waals surface area (Å²) in [5.41, 5.74) is 25.1. The first-order valence-corrected chi connectivity index (χ1v) is 59.2. The predicted octanol–water partition coefficient (Wildman–Crippen LogP) is 6.28. The van der Waals surface area contributed by atoms with Gasteiger partial charge in [-0.3, -0.25) is 19.2 Å². The molecule has 0 aromatic rings. The average Bonchev–Trinajstić information content (AvgIpc) is 1.56. The van der Waals surface area contributed by atoms with Gasteiger partial charge >= 0.3 is 52.4 Å². The summed E-state index contributed by atoms with van der Waals surface area (Å²) in [6, 6.07) is -0.463. The molecular formula is C95H166B4N14O24S4. The van der Waals surface area contributed by atoms with Gasteiger partial charge in [-0.1, -0.05) is 108 Å². The smallest absolute Gasteiger partial charge is 0.457 e. The zero-order chi connectivity index (χ0) is 102. The van der Waals surface area contributed by atoms with Gasteiger partial charge in [-0.15, -0.1) is 0 Å². The van der Waals surface area contributed by atoms with Gasteiger partial charge in [0.2, 0.25) is 0 Å². The second kappa shape index (κ2) is 37.5. The lowest BCUT2D eigenvalue weighted by molar-refractivity contribution is -0.199. The van der Waals surface area contributed by atoms with Gasteiger partial charge < -0.3 is 91.6 Å². The fourth-order valence-electron chi connectivity index (χ4n) is 31.2. The molecule has 0 unspecified atom stereocenters. The number of piperidine rings is 1. The van der Waals surface area contributed by atoms with Crippen molar-refractivity contribution in [1.82, 2.24) is 39.8 Å². The van der Waals surface area contributed by atoms with E-state index in [0.29, 0.717) is 170 Å². The van der Waals surface area contributed by atoms with Gasteiger partial charge in [0.05, 0.1) is 52.9 Å². The van der Waals surface area contributed by atoms with E-state index in [4.69, 9.17) is 65.9 Å². The van der Waals surface area contributed by atoms with Crippen LogP contribution < -0.4 is 34.0 Å². The molecule has 25 atom stereocenters. The maximum atomic E-state index is 13.6. The zero-order valence-corrected chi connectivity index (χ0v) is 89.6. The standard InChI is InChI=1S/C25H45BN4O6S.C24H40BN3O6S.C23H41BN4O6S.C23H40BN3O6S/c1-6-30(16(2)24(27)9-10-24)37(33,34)29-14-17(25(28,15-29)21(31)32)8-7-11-26-35-20-13-18-12-19(22(18,3)4)23(20,5)36-26;1-21(2)17-10-18(21)22(3)19(11-17)33-25(34-22)9-4-6-16-12-27(15-24(16,26)20(29)30)35(31,32)28-13-23(14-28)7-5-8-23;1-5-28(17-11-26-12-17)35(31,32)27-13-15(23(25,14-27)20(29)30)7-6-8-24-33-19-10-16-9-18(21(16,2)3)22(19,4)34-24;1-21(2)17-12-18(21)22(3)19(13-17)32-24(33-22)9-7-8-16-14-27(15-23(16,25)20(28)29)34(30,31)26-10-5-4-6-11-26/h16-20H,6-15,27-28H2,1-5H3,(H,31,32);16-19H,4-15,26H2,1-3H3,(H,29,30);15-19,26H,5-14,25H2,1-4H3,(H,29,30);16-19H,4-15,25H2,1-3H3,(H,28,29)/t16-,17-,18+,19+,20-,23+,25-;16-,17+,18+,19-,22+,24-;15-,16+,18+,19-,22+,23-;16-,17+,18+,19-,22+,23-/m0000/s1. The van der Waals surface area contributed by atoms with E-state index in [1.54, 1.807) is 13.8 Å².